The van der Waals surface area contributed by atoms with Crippen molar-refractivity contribution in [3.8, 4) is 29.9 Å². The molecule has 2 rings (SSSR count). The van der Waals surface area contributed by atoms with Gasteiger partial charge in [0.1, 0.15) is 5.75 Å². The van der Waals surface area contributed by atoms with Crippen LogP contribution in [0.5, 0.6) is 5.75 Å². The zero-order valence-electron chi connectivity index (χ0n) is 18.7. The summed E-state index contributed by atoms with van der Waals surface area (Å²) < 4.78 is 6.25. The summed E-state index contributed by atoms with van der Waals surface area (Å²) in [6.07, 6.45) is 6.86. The lowest BCUT2D eigenvalue weighted by Crippen LogP contribution is -2.19. The Hall–Kier alpha value is -3.17. The lowest BCUT2D eigenvalue weighted by molar-refractivity contribution is -0.136. The molecule has 156 valence electrons. The molecule has 1 unspecified atom stereocenters. The number of carboxylic acids is 1. The minimum Gasteiger partial charge on any atom is -0.489 e. The van der Waals surface area contributed by atoms with E-state index in [1.54, 1.807) is 12.1 Å². The van der Waals surface area contributed by atoms with Gasteiger partial charge in [-0.25, -0.2) is 0 Å². The Labute approximate surface area is 180 Å². The molecule has 0 spiro atoms. The summed E-state index contributed by atoms with van der Waals surface area (Å²) in [5, 5.41) is 8.90. The molecule has 0 radical (unpaired) electrons. The van der Waals surface area contributed by atoms with Gasteiger partial charge in [-0.3, -0.25) is 4.79 Å². The van der Waals surface area contributed by atoms with Gasteiger partial charge in [0.25, 0.3) is 0 Å². The summed E-state index contributed by atoms with van der Waals surface area (Å²) in [6.45, 7) is 12.5. The van der Waals surface area contributed by atoms with Crippen LogP contribution >= 0.6 is 0 Å². The standard InChI is InChI=1S/C27H30O3/c1-8-18(3)30-26-23(9-2)19(4)22(17-24(26)27(5,6)7)15-14-20-10-12-21(13-11-20)16-25(28)29/h2,10-13,17-18H,8,16H2,1,3-7H3,(H,28,29). The van der Waals surface area contributed by atoms with E-state index in [2.05, 4.69) is 51.5 Å². The van der Waals surface area contributed by atoms with Crippen molar-refractivity contribution in [1.82, 2.24) is 0 Å². The molecule has 1 atom stereocenters. The molecule has 30 heavy (non-hydrogen) atoms. The highest BCUT2D eigenvalue weighted by atomic mass is 16.5. The van der Waals surface area contributed by atoms with Gasteiger partial charge in [0, 0.05) is 16.7 Å². The zero-order chi connectivity index (χ0) is 22.5. The van der Waals surface area contributed by atoms with Crippen LogP contribution in [0.3, 0.4) is 0 Å². The number of aliphatic carboxylic acids is 1. The SMILES string of the molecule is C#Cc1c(C)c(C#Cc2ccc(CC(=O)O)cc2)cc(C(C)(C)C)c1OC(C)CC. The molecule has 0 aliphatic rings. The second-order valence-corrected chi connectivity index (χ2v) is 8.55. The first-order chi connectivity index (χ1) is 14.1. The van der Waals surface area contributed by atoms with E-state index in [1.807, 2.05) is 26.0 Å². The number of carboxylic acid groups (broad SMARTS) is 1. The van der Waals surface area contributed by atoms with E-state index >= 15 is 0 Å². The number of rotatable bonds is 5. The largest absolute Gasteiger partial charge is 0.489 e. The van der Waals surface area contributed by atoms with Crippen LogP contribution < -0.4 is 4.74 Å². The van der Waals surface area contributed by atoms with E-state index in [-0.39, 0.29) is 17.9 Å². The molecular formula is C27H30O3. The van der Waals surface area contributed by atoms with Crippen molar-refractivity contribution < 1.29 is 14.6 Å². The Morgan fingerprint density at radius 1 is 1.20 bits per heavy atom. The molecule has 0 saturated heterocycles. The van der Waals surface area contributed by atoms with Crippen LogP contribution in [0.4, 0.5) is 0 Å². The van der Waals surface area contributed by atoms with Gasteiger partial charge in [-0.15, -0.1) is 6.42 Å². The van der Waals surface area contributed by atoms with Crippen molar-refractivity contribution in [3.63, 3.8) is 0 Å². The zero-order valence-corrected chi connectivity index (χ0v) is 18.7. The van der Waals surface area contributed by atoms with Crippen LogP contribution in [-0.2, 0) is 16.6 Å². The molecular weight excluding hydrogens is 372 g/mol. The van der Waals surface area contributed by atoms with E-state index in [1.165, 1.54) is 0 Å². The van der Waals surface area contributed by atoms with Crippen LogP contribution in [0, 0.1) is 31.1 Å². The Bertz CT molecular complexity index is 1020. The molecule has 0 aliphatic carbocycles. The van der Waals surface area contributed by atoms with Gasteiger partial charge in [-0.1, -0.05) is 57.6 Å². The third kappa shape index (κ3) is 5.68. The number of carbonyl (C=O) groups is 1. The summed E-state index contributed by atoms with van der Waals surface area (Å²) in [7, 11) is 0. The Balaban J connectivity index is 2.53. The lowest BCUT2D eigenvalue weighted by atomic mass is 9.82. The predicted molar refractivity (Wildman–Crippen MR) is 122 cm³/mol. The maximum Gasteiger partial charge on any atom is 0.307 e. The van der Waals surface area contributed by atoms with E-state index in [0.717, 1.165) is 45.6 Å². The first-order valence-corrected chi connectivity index (χ1v) is 10.2. The predicted octanol–water partition coefficient (Wildman–Crippen LogP) is 5.48. The summed E-state index contributed by atoms with van der Waals surface area (Å²) in [4.78, 5) is 10.8. The van der Waals surface area contributed by atoms with Gasteiger partial charge in [0.05, 0.1) is 18.1 Å². The van der Waals surface area contributed by atoms with Crippen LogP contribution in [0.25, 0.3) is 0 Å². The van der Waals surface area contributed by atoms with Crippen molar-refractivity contribution in [2.24, 2.45) is 0 Å². The minimum atomic E-state index is -0.847. The van der Waals surface area contributed by atoms with Gasteiger partial charge in [-0.2, -0.15) is 0 Å². The fourth-order valence-corrected chi connectivity index (χ4v) is 3.05. The normalized spacial score (nSPS) is 11.8. The Morgan fingerprint density at radius 3 is 2.33 bits per heavy atom. The second kappa shape index (κ2) is 9.55. The molecule has 2 aromatic rings. The van der Waals surface area contributed by atoms with E-state index in [9.17, 15) is 4.79 Å². The van der Waals surface area contributed by atoms with Crippen molar-refractivity contribution in [2.45, 2.75) is 65.9 Å². The highest BCUT2D eigenvalue weighted by Gasteiger charge is 2.25. The molecule has 0 saturated carbocycles. The first kappa shape index (κ1) is 23.1. The first-order valence-electron chi connectivity index (χ1n) is 10.2. The number of terminal acetylenes is 1. The maximum absolute atomic E-state index is 10.8. The average molecular weight is 403 g/mol. The van der Waals surface area contributed by atoms with Gasteiger partial charge in [0.15, 0.2) is 0 Å². The topological polar surface area (TPSA) is 46.5 Å². The van der Waals surface area contributed by atoms with Crippen molar-refractivity contribution in [3.05, 3.63) is 63.7 Å². The average Bonchev–Trinajstić information content (AvgIpc) is 2.67. The Kier molecular flexibility index (Phi) is 7.36. The highest BCUT2D eigenvalue weighted by molar-refractivity contribution is 5.70. The van der Waals surface area contributed by atoms with Crippen molar-refractivity contribution in [1.29, 1.82) is 0 Å². The molecule has 0 amide bonds. The van der Waals surface area contributed by atoms with E-state index < -0.39 is 5.97 Å². The number of hydrogen-bond donors (Lipinski definition) is 1. The summed E-state index contributed by atoms with van der Waals surface area (Å²) >= 11 is 0. The quantitative estimate of drug-likeness (QED) is 0.674. The molecule has 0 aromatic heterocycles. The lowest BCUT2D eigenvalue weighted by Gasteiger charge is -2.27. The minimum absolute atomic E-state index is 0.00489. The van der Waals surface area contributed by atoms with E-state index in [4.69, 9.17) is 16.3 Å². The fraction of sp³-hybridized carbons (Fsp3) is 0.370. The van der Waals surface area contributed by atoms with Crippen molar-refractivity contribution >= 4 is 5.97 Å². The summed E-state index contributed by atoms with van der Waals surface area (Å²) in [5.74, 6) is 9.18. The van der Waals surface area contributed by atoms with Gasteiger partial charge in [-0.05, 0) is 55.0 Å². The molecule has 1 N–H and O–H groups in total. The monoisotopic (exact) mass is 402 g/mol. The summed E-state index contributed by atoms with van der Waals surface area (Å²) in [6, 6.07) is 9.35. The van der Waals surface area contributed by atoms with Gasteiger partial charge >= 0.3 is 5.97 Å². The highest BCUT2D eigenvalue weighted by Crippen LogP contribution is 2.38. The fourth-order valence-electron chi connectivity index (χ4n) is 3.05. The second-order valence-electron chi connectivity index (χ2n) is 8.55. The number of benzene rings is 2. The number of hydrogen-bond acceptors (Lipinski definition) is 2. The Morgan fingerprint density at radius 2 is 1.83 bits per heavy atom. The number of ether oxygens (including phenoxy) is 1. The molecule has 3 heteroatoms. The van der Waals surface area contributed by atoms with Crippen LogP contribution in [0.15, 0.2) is 30.3 Å². The molecule has 0 bridgehead atoms. The molecule has 0 aliphatic heterocycles. The third-order valence-corrected chi connectivity index (χ3v) is 5.04. The van der Waals surface area contributed by atoms with Crippen LogP contribution in [0.1, 0.15) is 74.4 Å². The molecule has 0 heterocycles. The third-order valence-electron chi connectivity index (χ3n) is 5.04. The molecule has 3 nitrogen and oxygen atoms in total. The van der Waals surface area contributed by atoms with Gasteiger partial charge < -0.3 is 9.84 Å². The van der Waals surface area contributed by atoms with Crippen LogP contribution in [-0.4, -0.2) is 17.2 Å². The van der Waals surface area contributed by atoms with Crippen molar-refractivity contribution in [2.75, 3.05) is 0 Å². The van der Waals surface area contributed by atoms with E-state index in [0.29, 0.717) is 0 Å². The smallest absolute Gasteiger partial charge is 0.307 e. The molecule has 2 aromatic carbocycles. The summed E-state index contributed by atoms with van der Waals surface area (Å²) in [5.41, 5.74) is 5.02. The maximum atomic E-state index is 10.8. The molecule has 0 fully saturated rings. The van der Waals surface area contributed by atoms with Gasteiger partial charge in [0.2, 0.25) is 0 Å². The van der Waals surface area contributed by atoms with Crippen LogP contribution in [0.2, 0.25) is 0 Å².